The highest BCUT2D eigenvalue weighted by molar-refractivity contribution is 9.10. The minimum Gasteiger partial charge on any atom is -0.546 e. The molecule has 6 nitrogen and oxygen atoms in total. The van der Waals surface area contributed by atoms with E-state index in [0.717, 1.165) is 16.2 Å². The summed E-state index contributed by atoms with van der Waals surface area (Å²) in [6.07, 6.45) is -1.05. The monoisotopic (exact) mass is 492 g/mol. The molecule has 0 fully saturated rings. The minimum absolute atomic E-state index is 0.0629. The van der Waals surface area contributed by atoms with Gasteiger partial charge in [-0.15, -0.1) is 0 Å². The maximum absolute atomic E-state index is 11.3. The van der Waals surface area contributed by atoms with E-state index in [1.807, 2.05) is 0 Å². The molecular weight excluding hydrogens is 479 g/mol. The Kier molecular flexibility index (Phi) is 9.65. The second-order valence-corrected chi connectivity index (χ2v) is 7.76. The molecule has 0 saturated heterocycles. The van der Waals surface area contributed by atoms with Crippen molar-refractivity contribution in [3.63, 3.8) is 0 Å². The fourth-order valence-electron chi connectivity index (χ4n) is 1.56. The smallest absolute Gasteiger partial charge is 0.307 e. The van der Waals surface area contributed by atoms with E-state index in [4.69, 9.17) is 39.1 Å². The lowest BCUT2D eigenvalue weighted by molar-refractivity contribution is -0.312. The normalized spacial score (nSPS) is 11.0. The summed E-state index contributed by atoms with van der Waals surface area (Å²) >= 11 is 15.5. The Morgan fingerprint density at radius 1 is 1.22 bits per heavy atom. The Bertz CT molecular complexity index is 834. The van der Waals surface area contributed by atoms with Gasteiger partial charge in [-0.05, 0) is 49.4 Å². The van der Waals surface area contributed by atoms with Crippen LogP contribution in [0.4, 0.5) is 0 Å². The molecule has 0 bridgehead atoms. The fourth-order valence-corrected chi connectivity index (χ4v) is 2.75. The van der Waals surface area contributed by atoms with Crippen molar-refractivity contribution >= 4 is 67.1 Å². The van der Waals surface area contributed by atoms with Crippen LogP contribution in [0.2, 0.25) is 10.0 Å². The molecule has 0 saturated carbocycles. The standard InChI is InChI=1S/C9H8Cl2O3.C8H7BrN2OS/c1-5(9(12)13)14-8-3-2-6(10)4-7(8)11;9-6-3-1-5(2-4-6)7(12)13-8(10)11/h2-5H,1H3,(H,12,13);1-4H,(H3,10,11). The van der Waals surface area contributed by atoms with Crippen LogP contribution < -0.4 is 21.0 Å². The molecule has 2 aromatic rings. The topological polar surface area (TPSA) is 118 Å². The molecule has 0 spiro atoms. The summed E-state index contributed by atoms with van der Waals surface area (Å²) < 4.78 is 5.94. The Labute approximate surface area is 178 Å². The van der Waals surface area contributed by atoms with Gasteiger partial charge in [0.2, 0.25) is 5.12 Å². The Morgan fingerprint density at radius 3 is 2.30 bits per heavy atom. The summed E-state index contributed by atoms with van der Waals surface area (Å²) in [6.45, 7) is 1.36. The molecule has 0 amide bonds. The molecule has 1 atom stereocenters. The van der Waals surface area contributed by atoms with Crippen LogP contribution in [0.25, 0.3) is 0 Å². The first-order valence-corrected chi connectivity index (χ1v) is 9.65. The number of halogens is 3. The van der Waals surface area contributed by atoms with Crippen LogP contribution in [0.3, 0.4) is 0 Å². The molecule has 0 aliphatic carbocycles. The predicted octanol–water partition coefficient (Wildman–Crippen LogP) is 1.91. The van der Waals surface area contributed by atoms with Gasteiger partial charge in [0.25, 0.3) is 0 Å². The number of carbonyl (C=O) groups is 2. The number of ether oxygens (including phenoxy) is 1. The molecule has 2 aromatic carbocycles. The molecule has 0 aliphatic heterocycles. The summed E-state index contributed by atoms with van der Waals surface area (Å²) in [5.41, 5.74) is 5.77. The summed E-state index contributed by atoms with van der Waals surface area (Å²) in [7, 11) is 0. The van der Waals surface area contributed by atoms with E-state index in [-0.39, 0.29) is 21.1 Å². The molecule has 0 radical (unpaired) electrons. The van der Waals surface area contributed by atoms with Crippen molar-refractivity contribution in [1.29, 1.82) is 0 Å². The van der Waals surface area contributed by atoms with Crippen LogP contribution in [-0.4, -0.2) is 22.4 Å². The number of aliphatic carboxylic acids is 1. The van der Waals surface area contributed by atoms with Gasteiger partial charge in [0.05, 0.1) is 11.0 Å². The van der Waals surface area contributed by atoms with Gasteiger partial charge in [0.15, 0.2) is 0 Å². The first-order valence-electron chi connectivity index (χ1n) is 7.28. The van der Waals surface area contributed by atoms with E-state index in [2.05, 4.69) is 15.9 Å². The number of benzene rings is 2. The maximum atomic E-state index is 11.3. The average molecular weight is 494 g/mol. The Morgan fingerprint density at radius 2 is 1.81 bits per heavy atom. The third-order valence-electron chi connectivity index (χ3n) is 2.82. The van der Waals surface area contributed by atoms with Crippen molar-refractivity contribution in [1.82, 2.24) is 0 Å². The number of carboxylic acid groups (broad SMARTS) is 1. The van der Waals surface area contributed by atoms with Gasteiger partial charge in [0, 0.05) is 26.8 Å². The van der Waals surface area contributed by atoms with Crippen molar-refractivity contribution in [3.05, 3.63) is 62.5 Å². The number of hydrogen-bond acceptors (Lipinski definition) is 5. The molecule has 0 aliphatic rings. The molecule has 4 N–H and O–H groups in total. The lowest BCUT2D eigenvalue weighted by Crippen LogP contribution is -2.43. The Hall–Kier alpha value is -1.74. The van der Waals surface area contributed by atoms with E-state index in [0.29, 0.717) is 10.6 Å². The molecule has 2 rings (SSSR count). The van der Waals surface area contributed by atoms with Crippen molar-refractivity contribution in [2.24, 2.45) is 5.73 Å². The van der Waals surface area contributed by atoms with Crippen LogP contribution in [-0.2, 0) is 4.79 Å². The molecule has 27 heavy (non-hydrogen) atoms. The zero-order valence-corrected chi connectivity index (χ0v) is 17.9. The van der Waals surface area contributed by atoms with Gasteiger partial charge < -0.3 is 14.6 Å². The van der Waals surface area contributed by atoms with Crippen LogP contribution in [0.1, 0.15) is 17.3 Å². The fraction of sp³-hybridized carbons (Fsp3) is 0.118. The largest absolute Gasteiger partial charge is 0.546 e. The van der Waals surface area contributed by atoms with Gasteiger partial charge in [-0.1, -0.05) is 39.1 Å². The lowest BCUT2D eigenvalue weighted by atomic mass is 10.2. The number of nitrogens with two attached hydrogens (primary N) is 2. The SMILES string of the molecule is CC(Oc1ccc(Cl)cc1Cl)C(=O)[O-].NC(=[NH2+])SC(=O)c1ccc(Br)cc1. The summed E-state index contributed by atoms with van der Waals surface area (Å²) in [5, 5.41) is 16.2. The highest BCUT2D eigenvalue weighted by Crippen LogP contribution is 2.28. The first-order chi connectivity index (χ1) is 12.6. The van der Waals surface area contributed by atoms with Gasteiger partial charge >= 0.3 is 5.17 Å². The maximum Gasteiger partial charge on any atom is 0.307 e. The zero-order chi connectivity index (χ0) is 20.6. The number of thioether (sulfide) groups is 1. The second-order valence-electron chi connectivity index (χ2n) is 4.95. The molecule has 0 heterocycles. The molecule has 1 unspecified atom stereocenters. The quantitative estimate of drug-likeness (QED) is 0.496. The number of rotatable bonds is 4. The van der Waals surface area contributed by atoms with Gasteiger partial charge in [-0.3, -0.25) is 15.9 Å². The van der Waals surface area contributed by atoms with Gasteiger partial charge in [-0.2, -0.15) is 0 Å². The van der Waals surface area contributed by atoms with E-state index in [9.17, 15) is 14.7 Å². The highest BCUT2D eigenvalue weighted by atomic mass is 79.9. The molecule has 144 valence electrons. The molecular formula is C17H15BrCl2N2O4S. The van der Waals surface area contributed by atoms with E-state index in [1.54, 1.807) is 30.3 Å². The van der Waals surface area contributed by atoms with E-state index >= 15 is 0 Å². The summed E-state index contributed by atoms with van der Waals surface area (Å²) in [5.74, 6) is -1.02. The van der Waals surface area contributed by atoms with Crippen LogP contribution >= 0.6 is 50.9 Å². The highest BCUT2D eigenvalue weighted by Gasteiger charge is 2.10. The minimum atomic E-state index is -1.30. The predicted molar refractivity (Wildman–Crippen MR) is 109 cm³/mol. The van der Waals surface area contributed by atoms with Crippen LogP contribution in [0.15, 0.2) is 46.9 Å². The number of hydrogen-bond donors (Lipinski definition) is 2. The van der Waals surface area contributed by atoms with Gasteiger partial charge in [0.1, 0.15) is 11.9 Å². The summed E-state index contributed by atoms with van der Waals surface area (Å²) in [6, 6.07) is 11.5. The van der Waals surface area contributed by atoms with Crippen LogP contribution in [0, 0.1) is 0 Å². The Balaban J connectivity index is 0.000000271. The van der Waals surface area contributed by atoms with Crippen LogP contribution in [0.5, 0.6) is 5.75 Å². The number of amidine groups is 1. The van der Waals surface area contributed by atoms with Crippen molar-refractivity contribution < 1.29 is 24.8 Å². The average Bonchev–Trinajstić information content (AvgIpc) is 2.57. The third-order valence-corrected chi connectivity index (χ3v) is 4.54. The number of carboxylic acids is 1. The first kappa shape index (κ1) is 23.3. The van der Waals surface area contributed by atoms with Crippen molar-refractivity contribution in [3.8, 4) is 5.75 Å². The van der Waals surface area contributed by atoms with E-state index < -0.39 is 12.1 Å². The zero-order valence-electron chi connectivity index (χ0n) is 13.9. The summed E-state index contributed by atoms with van der Waals surface area (Å²) in [4.78, 5) is 21.7. The van der Waals surface area contributed by atoms with Crippen molar-refractivity contribution in [2.45, 2.75) is 13.0 Å². The van der Waals surface area contributed by atoms with E-state index in [1.165, 1.54) is 19.1 Å². The molecule has 10 heteroatoms. The second kappa shape index (κ2) is 11.2. The molecule has 0 aromatic heterocycles. The lowest BCUT2D eigenvalue weighted by Gasteiger charge is -2.16. The van der Waals surface area contributed by atoms with Gasteiger partial charge in [-0.25, -0.2) is 0 Å². The number of carbonyl (C=O) groups excluding carboxylic acids is 2. The van der Waals surface area contributed by atoms with Crippen molar-refractivity contribution in [2.75, 3.05) is 0 Å². The third kappa shape index (κ3) is 8.66.